The Bertz CT molecular complexity index is 544. The van der Waals surface area contributed by atoms with E-state index in [0.717, 1.165) is 24.8 Å². The number of unbranched alkanes of at least 4 members (excludes halogenated alkanes) is 5. The highest BCUT2D eigenvalue weighted by Crippen LogP contribution is 2.35. The van der Waals surface area contributed by atoms with Crippen molar-refractivity contribution in [1.82, 2.24) is 0 Å². The summed E-state index contributed by atoms with van der Waals surface area (Å²) in [6, 6.07) is 6.24. The Morgan fingerprint density at radius 3 is 2.08 bits per heavy atom. The first-order valence-electron chi connectivity index (χ1n) is 9.70. The van der Waals surface area contributed by atoms with Gasteiger partial charge in [0.15, 0.2) is 0 Å². The highest BCUT2D eigenvalue weighted by molar-refractivity contribution is 5.73. The largest absolute Gasteiger partial charge is 0.426 e. The highest BCUT2D eigenvalue weighted by Gasteiger charge is 2.24. The molecule has 0 aliphatic rings. The van der Waals surface area contributed by atoms with Crippen molar-refractivity contribution in [3.63, 3.8) is 0 Å². The SMILES string of the molecule is [CH2]CCCCCCCC(=O)Oc1ccc(C(C)(C)C)cc1C(C)(C)C. The van der Waals surface area contributed by atoms with Crippen molar-refractivity contribution < 1.29 is 9.53 Å². The summed E-state index contributed by atoms with van der Waals surface area (Å²) in [5.41, 5.74) is 2.38. The van der Waals surface area contributed by atoms with Crippen molar-refractivity contribution in [2.45, 2.75) is 97.3 Å². The van der Waals surface area contributed by atoms with Crippen LogP contribution in [0.4, 0.5) is 0 Å². The lowest BCUT2D eigenvalue weighted by molar-refractivity contribution is -0.134. The third kappa shape index (κ3) is 7.63. The monoisotopic (exact) mass is 345 g/mol. The van der Waals surface area contributed by atoms with E-state index in [-0.39, 0.29) is 16.8 Å². The number of carbonyl (C=O) groups is 1. The number of hydrogen-bond donors (Lipinski definition) is 0. The molecular weight excluding hydrogens is 308 g/mol. The average molecular weight is 346 g/mol. The molecule has 0 aliphatic carbocycles. The molecule has 0 atom stereocenters. The van der Waals surface area contributed by atoms with Crippen molar-refractivity contribution in [1.29, 1.82) is 0 Å². The Morgan fingerprint density at radius 1 is 0.920 bits per heavy atom. The van der Waals surface area contributed by atoms with Crippen molar-refractivity contribution in [2.24, 2.45) is 0 Å². The van der Waals surface area contributed by atoms with Gasteiger partial charge < -0.3 is 4.74 Å². The molecule has 1 rings (SSSR count). The van der Waals surface area contributed by atoms with E-state index in [9.17, 15) is 4.79 Å². The van der Waals surface area contributed by atoms with Gasteiger partial charge in [0.2, 0.25) is 0 Å². The normalized spacial score (nSPS) is 12.3. The molecule has 1 aromatic rings. The lowest BCUT2D eigenvalue weighted by Crippen LogP contribution is -2.19. The van der Waals surface area contributed by atoms with Crippen molar-refractivity contribution in [3.8, 4) is 5.75 Å². The lowest BCUT2D eigenvalue weighted by atomic mass is 9.80. The summed E-state index contributed by atoms with van der Waals surface area (Å²) in [5, 5.41) is 0. The summed E-state index contributed by atoms with van der Waals surface area (Å²) >= 11 is 0. The summed E-state index contributed by atoms with van der Waals surface area (Å²) < 4.78 is 5.72. The van der Waals surface area contributed by atoms with Crippen LogP contribution in [0.25, 0.3) is 0 Å². The van der Waals surface area contributed by atoms with Gasteiger partial charge in [-0.15, -0.1) is 0 Å². The van der Waals surface area contributed by atoms with Crippen LogP contribution in [0.3, 0.4) is 0 Å². The van der Waals surface area contributed by atoms with Crippen LogP contribution >= 0.6 is 0 Å². The van der Waals surface area contributed by atoms with Crippen LogP contribution in [0.5, 0.6) is 5.75 Å². The predicted octanol–water partition coefficient (Wildman–Crippen LogP) is 6.75. The maximum atomic E-state index is 12.2. The molecular formula is C23H37O2. The molecule has 0 aliphatic heterocycles. The molecule has 141 valence electrons. The summed E-state index contributed by atoms with van der Waals surface area (Å²) in [6.07, 6.45) is 7.05. The summed E-state index contributed by atoms with van der Waals surface area (Å²) in [7, 11) is 0. The molecule has 2 nitrogen and oxygen atoms in total. The first kappa shape index (κ1) is 21.7. The van der Waals surface area contributed by atoms with E-state index in [0.29, 0.717) is 12.2 Å². The fourth-order valence-corrected chi connectivity index (χ4v) is 2.82. The number of ether oxygens (including phenoxy) is 1. The Balaban J connectivity index is 2.72. The van der Waals surface area contributed by atoms with Gasteiger partial charge in [-0.1, -0.05) is 92.7 Å². The Hall–Kier alpha value is -1.31. The van der Waals surface area contributed by atoms with Gasteiger partial charge in [-0.25, -0.2) is 0 Å². The first-order chi connectivity index (χ1) is 11.6. The minimum absolute atomic E-state index is 0.0644. The quantitative estimate of drug-likeness (QED) is 0.296. The van der Waals surface area contributed by atoms with Crippen molar-refractivity contribution in [3.05, 3.63) is 36.2 Å². The van der Waals surface area contributed by atoms with Crippen LogP contribution in [0.1, 0.15) is 97.6 Å². The second-order valence-corrected chi connectivity index (χ2v) is 9.06. The van der Waals surface area contributed by atoms with E-state index in [4.69, 9.17) is 4.74 Å². The van der Waals surface area contributed by atoms with E-state index < -0.39 is 0 Å². The Kier molecular flexibility index (Phi) is 8.18. The molecule has 0 bridgehead atoms. The third-order valence-corrected chi connectivity index (χ3v) is 4.51. The van der Waals surface area contributed by atoms with Gasteiger partial charge in [0.25, 0.3) is 0 Å². The molecule has 0 aromatic heterocycles. The van der Waals surface area contributed by atoms with Gasteiger partial charge in [0.05, 0.1) is 0 Å². The Morgan fingerprint density at radius 2 is 1.52 bits per heavy atom. The van der Waals surface area contributed by atoms with Gasteiger partial charge in [-0.05, 0) is 28.9 Å². The number of hydrogen-bond acceptors (Lipinski definition) is 2. The predicted molar refractivity (Wildman–Crippen MR) is 107 cm³/mol. The van der Waals surface area contributed by atoms with Crippen LogP contribution in [-0.4, -0.2) is 5.97 Å². The standard InChI is InChI=1S/C23H37O2/c1-8-9-10-11-12-13-14-21(24)25-20-16-15-18(22(2,3)4)17-19(20)23(5,6)7/h15-17H,1,8-14H2,2-7H3. The van der Waals surface area contributed by atoms with E-state index in [2.05, 4.69) is 60.6 Å². The molecule has 0 spiro atoms. The molecule has 0 saturated heterocycles. The number of rotatable bonds is 8. The molecule has 0 saturated carbocycles. The van der Waals surface area contributed by atoms with Crippen molar-refractivity contribution in [2.75, 3.05) is 0 Å². The molecule has 0 unspecified atom stereocenters. The fourth-order valence-electron chi connectivity index (χ4n) is 2.82. The average Bonchev–Trinajstić information content (AvgIpc) is 2.49. The van der Waals surface area contributed by atoms with Gasteiger partial charge in [0.1, 0.15) is 5.75 Å². The molecule has 0 N–H and O–H groups in total. The highest BCUT2D eigenvalue weighted by atomic mass is 16.5. The molecule has 25 heavy (non-hydrogen) atoms. The van der Waals surface area contributed by atoms with E-state index >= 15 is 0 Å². The molecule has 0 heterocycles. The fraction of sp³-hybridized carbons (Fsp3) is 0.652. The minimum Gasteiger partial charge on any atom is -0.426 e. The van der Waals surface area contributed by atoms with Gasteiger partial charge >= 0.3 is 5.97 Å². The van der Waals surface area contributed by atoms with E-state index in [1.165, 1.54) is 24.8 Å². The van der Waals surface area contributed by atoms with Crippen LogP contribution in [0.2, 0.25) is 0 Å². The van der Waals surface area contributed by atoms with Crippen molar-refractivity contribution >= 4 is 5.97 Å². The maximum absolute atomic E-state index is 12.2. The zero-order chi connectivity index (χ0) is 19.1. The van der Waals surface area contributed by atoms with Crippen LogP contribution in [-0.2, 0) is 15.6 Å². The molecule has 0 amide bonds. The number of benzene rings is 1. The first-order valence-corrected chi connectivity index (χ1v) is 9.70. The second-order valence-electron chi connectivity index (χ2n) is 9.06. The molecule has 2 heteroatoms. The molecule has 1 aromatic carbocycles. The summed E-state index contributed by atoms with van der Waals surface area (Å²) in [4.78, 5) is 12.2. The van der Waals surface area contributed by atoms with Gasteiger partial charge in [-0.2, -0.15) is 0 Å². The summed E-state index contributed by atoms with van der Waals surface area (Å²) in [5.74, 6) is 0.591. The van der Waals surface area contributed by atoms with Crippen LogP contribution < -0.4 is 4.74 Å². The minimum atomic E-state index is -0.119. The zero-order valence-corrected chi connectivity index (χ0v) is 17.2. The van der Waals surface area contributed by atoms with Crippen LogP contribution in [0, 0.1) is 6.92 Å². The molecule has 1 radical (unpaired) electrons. The van der Waals surface area contributed by atoms with E-state index in [1.54, 1.807) is 0 Å². The number of esters is 1. The maximum Gasteiger partial charge on any atom is 0.311 e. The van der Waals surface area contributed by atoms with Gasteiger partial charge in [-0.3, -0.25) is 4.79 Å². The van der Waals surface area contributed by atoms with Crippen LogP contribution in [0.15, 0.2) is 18.2 Å². The topological polar surface area (TPSA) is 26.3 Å². The molecule has 0 fully saturated rings. The smallest absolute Gasteiger partial charge is 0.311 e. The van der Waals surface area contributed by atoms with E-state index in [1.807, 2.05) is 6.07 Å². The Labute approximate surface area is 155 Å². The zero-order valence-electron chi connectivity index (χ0n) is 17.2. The van der Waals surface area contributed by atoms with Gasteiger partial charge in [0, 0.05) is 12.0 Å². The number of carbonyl (C=O) groups excluding carboxylic acids is 1. The third-order valence-electron chi connectivity index (χ3n) is 4.51. The second kappa shape index (κ2) is 9.40. The summed E-state index contributed by atoms with van der Waals surface area (Å²) in [6.45, 7) is 16.9. The lowest BCUT2D eigenvalue weighted by Gasteiger charge is -2.26.